The van der Waals surface area contributed by atoms with Crippen LogP contribution in [0.25, 0.3) is 5.82 Å². The van der Waals surface area contributed by atoms with E-state index in [-0.39, 0.29) is 11.9 Å². The summed E-state index contributed by atoms with van der Waals surface area (Å²) in [7, 11) is 0. The summed E-state index contributed by atoms with van der Waals surface area (Å²) in [6, 6.07) is 5.51. The molecular formula is C16H16N6O. The van der Waals surface area contributed by atoms with Crippen LogP contribution in [0.15, 0.2) is 49.2 Å². The number of hydrogen-bond acceptors (Lipinski definition) is 4. The number of aryl methyl sites for hydroxylation is 1. The van der Waals surface area contributed by atoms with E-state index in [4.69, 9.17) is 0 Å². The lowest BCUT2D eigenvalue weighted by Crippen LogP contribution is -2.40. The first-order valence-electron chi connectivity index (χ1n) is 7.56. The molecule has 3 aromatic rings. The van der Waals surface area contributed by atoms with Gasteiger partial charge in [-0.2, -0.15) is 5.10 Å². The van der Waals surface area contributed by atoms with E-state index in [1.165, 1.54) is 0 Å². The first-order valence-corrected chi connectivity index (χ1v) is 7.56. The summed E-state index contributed by atoms with van der Waals surface area (Å²) in [5.41, 5.74) is 0.553. The zero-order chi connectivity index (χ0) is 15.6. The maximum absolute atomic E-state index is 12.4. The fourth-order valence-corrected chi connectivity index (χ4v) is 2.81. The minimum atomic E-state index is -0.0990. The van der Waals surface area contributed by atoms with Crippen LogP contribution in [-0.2, 0) is 13.0 Å². The smallest absolute Gasteiger partial charge is 0.253 e. The molecule has 0 radical (unpaired) electrons. The Morgan fingerprint density at radius 1 is 1.22 bits per heavy atom. The van der Waals surface area contributed by atoms with Crippen molar-refractivity contribution in [2.45, 2.75) is 25.4 Å². The Kier molecular flexibility index (Phi) is 3.38. The van der Waals surface area contributed by atoms with Crippen LogP contribution in [0.5, 0.6) is 0 Å². The van der Waals surface area contributed by atoms with E-state index in [0.29, 0.717) is 11.4 Å². The molecule has 0 aliphatic carbocycles. The topological polar surface area (TPSA) is 77.6 Å². The Morgan fingerprint density at radius 3 is 2.96 bits per heavy atom. The third kappa shape index (κ3) is 2.73. The van der Waals surface area contributed by atoms with E-state index in [1.54, 1.807) is 35.4 Å². The fraction of sp³-hybridized carbons (Fsp3) is 0.250. The summed E-state index contributed by atoms with van der Waals surface area (Å²) < 4.78 is 3.75. The Balaban J connectivity index is 1.43. The second-order valence-electron chi connectivity index (χ2n) is 5.56. The van der Waals surface area contributed by atoms with Gasteiger partial charge in [0.25, 0.3) is 5.91 Å². The van der Waals surface area contributed by atoms with Crippen molar-refractivity contribution in [3.63, 3.8) is 0 Å². The SMILES string of the molecule is O=C(NC1CCc2nccn2C1)c1ccc(-n2cccn2)nc1. The molecule has 0 saturated carbocycles. The van der Waals surface area contributed by atoms with Gasteiger partial charge >= 0.3 is 0 Å². The van der Waals surface area contributed by atoms with Crippen molar-refractivity contribution in [2.75, 3.05) is 0 Å². The maximum atomic E-state index is 12.4. The molecule has 1 atom stereocenters. The maximum Gasteiger partial charge on any atom is 0.253 e. The van der Waals surface area contributed by atoms with Crippen molar-refractivity contribution in [3.05, 3.63) is 60.6 Å². The van der Waals surface area contributed by atoms with Crippen LogP contribution in [0.1, 0.15) is 22.6 Å². The summed E-state index contributed by atoms with van der Waals surface area (Å²) in [6.45, 7) is 0.764. The van der Waals surface area contributed by atoms with Crippen molar-refractivity contribution >= 4 is 5.91 Å². The first-order chi connectivity index (χ1) is 11.3. The Labute approximate surface area is 133 Å². The average Bonchev–Trinajstić information content (AvgIpc) is 3.26. The zero-order valence-electron chi connectivity index (χ0n) is 12.5. The number of carbonyl (C=O) groups is 1. The molecule has 1 aliphatic heterocycles. The predicted octanol–water partition coefficient (Wildman–Crippen LogP) is 1.21. The monoisotopic (exact) mass is 308 g/mol. The first kappa shape index (κ1) is 13.7. The molecule has 23 heavy (non-hydrogen) atoms. The zero-order valence-corrected chi connectivity index (χ0v) is 12.5. The summed E-state index contributed by atoms with van der Waals surface area (Å²) in [5, 5.41) is 7.19. The van der Waals surface area contributed by atoms with Gasteiger partial charge in [0.05, 0.1) is 5.56 Å². The lowest BCUT2D eigenvalue weighted by Gasteiger charge is -2.24. The van der Waals surface area contributed by atoms with Gasteiger partial charge in [0.1, 0.15) is 5.82 Å². The number of pyridine rings is 1. The molecule has 1 unspecified atom stereocenters. The highest BCUT2D eigenvalue weighted by atomic mass is 16.1. The van der Waals surface area contributed by atoms with Gasteiger partial charge in [-0.3, -0.25) is 4.79 Å². The quantitative estimate of drug-likeness (QED) is 0.789. The molecule has 0 saturated heterocycles. The lowest BCUT2D eigenvalue weighted by molar-refractivity contribution is 0.0927. The molecular weight excluding hydrogens is 292 g/mol. The van der Waals surface area contributed by atoms with Crippen LogP contribution in [0.2, 0.25) is 0 Å². The van der Waals surface area contributed by atoms with Crippen LogP contribution >= 0.6 is 0 Å². The normalized spacial score (nSPS) is 16.8. The number of imidazole rings is 1. The number of amides is 1. The largest absolute Gasteiger partial charge is 0.347 e. The molecule has 7 nitrogen and oxygen atoms in total. The predicted molar refractivity (Wildman–Crippen MR) is 83.2 cm³/mol. The highest BCUT2D eigenvalue weighted by molar-refractivity contribution is 5.94. The number of aromatic nitrogens is 5. The van der Waals surface area contributed by atoms with Crippen LogP contribution in [-0.4, -0.2) is 36.3 Å². The second-order valence-corrected chi connectivity index (χ2v) is 5.56. The summed E-state index contributed by atoms with van der Waals surface area (Å²) in [5.74, 6) is 1.67. The van der Waals surface area contributed by atoms with Crippen molar-refractivity contribution in [1.29, 1.82) is 0 Å². The number of hydrogen-bond donors (Lipinski definition) is 1. The van der Waals surface area contributed by atoms with Crippen LogP contribution < -0.4 is 5.32 Å². The molecule has 0 aromatic carbocycles. The number of fused-ring (bicyclic) bond motifs is 1. The fourth-order valence-electron chi connectivity index (χ4n) is 2.81. The van der Waals surface area contributed by atoms with Crippen molar-refractivity contribution < 1.29 is 4.79 Å². The molecule has 0 fully saturated rings. The van der Waals surface area contributed by atoms with Gasteiger partial charge in [0.2, 0.25) is 0 Å². The van der Waals surface area contributed by atoms with E-state index >= 15 is 0 Å². The molecule has 7 heteroatoms. The third-order valence-corrected chi connectivity index (χ3v) is 4.02. The lowest BCUT2D eigenvalue weighted by atomic mass is 10.1. The van der Waals surface area contributed by atoms with Gasteiger partial charge in [-0.15, -0.1) is 0 Å². The molecule has 4 rings (SSSR count). The molecule has 0 spiro atoms. The van der Waals surface area contributed by atoms with Crippen molar-refractivity contribution in [2.24, 2.45) is 0 Å². The van der Waals surface area contributed by atoms with Gasteiger partial charge in [-0.1, -0.05) is 0 Å². The molecule has 4 heterocycles. The minimum Gasteiger partial charge on any atom is -0.347 e. The van der Waals surface area contributed by atoms with Gasteiger partial charge in [0.15, 0.2) is 5.82 Å². The van der Waals surface area contributed by atoms with Crippen molar-refractivity contribution in [1.82, 2.24) is 29.6 Å². The van der Waals surface area contributed by atoms with Crippen LogP contribution in [0.4, 0.5) is 0 Å². The Morgan fingerprint density at radius 2 is 2.17 bits per heavy atom. The van der Waals surface area contributed by atoms with E-state index < -0.39 is 0 Å². The van der Waals surface area contributed by atoms with Gasteiger partial charge < -0.3 is 9.88 Å². The van der Waals surface area contributed by atoms with Gasteiger partial charge in [0, 0.05) is 50.0 Å². The highest BCUT2D eigenvalue weighted by Gasteiger charge is 2.20. The molecule has 1 aliphatic rings. The number of nitrogens with zero attached hydrogens (tertiary/aromatic N) is 5. The average molecular weight is 308 g/mol. The minimum absolute atomic E-state index is 0.0990. The van der Waals surface area contributed by atoms with Gasteiger partial charge in [-0.05, 0) is 24.6 Å². The Hall–Kier alpha value is -2.96. The molecule has 0 bridgehead atoms. The number of carbonyl (C=O) groups excluding carboxylic acids is 1. The summed E-state index contributed by atoms with van der Waals surface area (Å²) >= 11 is 0. The molecule has 116 valence electrons. The number of nitrogens with one attached hydrogen (secondary N) is 1. The van der Waals surface area contributed by atoms with E-state index in [2.05, 4.69) is 25.0 Å². The van der Waals surface area contributed by atoms with Crippen LogP contribution in [0, 0.1) is 0 Å². The molecule has 1 N–H and O–H groups in total. The third-order valence-electron chi connectivity index (χ3n) is 4.02. The Bertz CT molecular complexity index is 805. The van der Waals surface area contributed by atoms with E-state index in [9.17, 15) is 4.79 Å². The second kappa shape index (κ2) is 5.68. The highest BCUT2D eigenvalue weighted by Crippen LogP contribution is 2.14. The van der Waals surface area contributed by atoms with Gasteiger partial charge in [-0.25, -0.2) is 14.6 Å². The van der Waals surface area contributed by atoms with E-state index in [0.717, 1.165) is 25.2 Å². The van der Waals surface area contributed by atoms with Crippen molar-refractivity contribution in [3.8, 4) is 5.82 Å². The summed E-state index contributed by atoms with van der Waals surface area (Å²) in [4.78, 5) is 20.9. The van der Waals surface area contributed by atoms with Crippen LogP contribution in [0.3, 0.4) is 0 Å². The standard InChI is InChI=1S/C16H16N6O/c23-16(20-13-3-5-14-17-7-9-21(14)11-13)12-2-4-15(18-10-12)22-8-1-6-19-22/h1-2,4,6-10,13H,3,5,11H2,(H,20,23). The molecule has 3 aromatic heterocycles. The number of rotatable bonds is 3. The van der Waals surface area contributed by atoms with E-state index in [1.807, 2.05) is 18.5 Å². The molecule has 1 amide bonds. The summed E-state index contributed by atoms with van der Waals surface area (Å²) in [6.07, 6.45) is 10.6.